The van der Waals surface area contributed by atoms with Crippen molar-refractivity contribution in [1.29, 1.82) is 0 Å². The molecule has 2 aliphatic rings. The summed E-state index contributed by atoms with van der Waals surface area (Å²) >= 11 is 0. The summed E-state index contributed by atoms with van der Waals surface area (Å²) in [5, 5.41) is 40.1. The summed E-state index contributed by atoms with van der Waals surface area (Å²) in [6.07, 6.45) is -4.22. The summed E-state index contributed by atoms with van der Waals surface area (Å²) in [6, 6.07) is 0. The standard InChI is InChI=1S/C13H22O6/c1-11(2,3)13-5-12(6-14,4-7(15)19-13)9(17)8(16)10(13)18/h8-10,14,16-18H,4-6H2,1-3H3/t8-,9-,10+,12+,13?/m0/s1. The van der Waals surface area contributed by atoms with Crippen LogP contribution in [0.4, 0.5) is 0 Å². The number of ether oxygens (including phenoxy) is 1. The van der Waals surface area contributed by atoms with Gasteiger partial charge in [0.15, 0.2) is 0 Å². The Bertz CT molecular complexity index is 389. The van der Waals surface area contributed by atoms with Crippen LogP contribution in [-0.4, -0.2) is 56.9 Å². The Balaban J connectivity index is 2.56. The molecule has 0 aromatic rings. The summed E-state index contributed by atoms with van der Waals surface area (Å²) in [5.41, 5.74) is -3.09. The quantitative estimate of drug-likeness (QED) is 0.466. The average Bonchev–Trinajstić information content (AvgIpc) is 2.32. The summed E-state index contributed by atoms with van der Waals surface area (Å²) in [7, 11) is 0. The molecule has 0 radical (unpaired) electrons. The predicted molar refractivity (Wildman–Crippen MR) is 65.1 cm³/mol. The molecule has 6 nitrogen and oxygen atoms in total. The molecule has 0 spiro atoms. The van der Waals surface area contributed by atoms with Gasteiger partial charge in [0.25, 0.3) is 0 Å². The molecule has 110 valence electrons. The second-order valence-electron chi connectivity index (χ2n) is 6.87. The normalized spacial score (nSPS) is 46.9. The summed E-state index contributed by atoms with van der Waals surface area (Å²) < 4.78 is 5.40. The molecule has 6 heteroatoms. The van der Waals surface area contributed by atoms with Gasteiger partial charge in [-0.2, -0.15) is 0 Å². The van der Waals surface area contributed by atoms with E-state index in [4.69, 9.17) is 4.74 Å². The number of fused-ring (bicyclic) bond motifs is 2. The molecule has 0 aromatic heterocycles. The zero-order valence-electron chi connectivity index (χ0n) is 11.5. The first-order chi connectivity index (χ1) is 8.59. The van der Waals surface area contributed by atoms with Crippen LogP contribution in [0.1, 0.15) is 33.6 Å². The molecule has 0 aromatic carbocycles. The molecule has 2 fully saturated rings. The van der Waals surface area contributed by atoms with Gasteiger partial charge in [-0.25, -0.2) is 0 Å². The molecule has 19 heavy (non-hydrogen) atoms. The second-order valence-corrected chi connectivity index (χ2v) is 6.87. The van der Waals surface area contributed by atoms with Gasteiger partial charge in [-0.15, -0.1) is 0 Å². The third-order valence-electron chi connectivity index (χ3n) is 4.74. The number of aliphatic hydroxyl groups excluding tert-OH is 4. The molecule has 2 bridgehead atoms. The number of hydrogen-bond acceptors (Lipinski definition) is 6. The lowest BCUT2D eigenvalue weighted by Crippen LogP contribution is -2.73. The lowest BCUT2D eigenvalue weighted by Gasteiger charge is -2.60. The number of rotatable bonds is 1. The highest BCUT2D eigenvalue weighted by Crippen LogP contribution is 2.55. The minimum Gasteiger partial charge on any atom is -0.456 e. The maximum absolute atomic E-state index is 11.9. The number of aliphatic hydroxyl groups is 4. The van der Waals surface area contributed by atoms with E-state index in [1.165, 1.54) is 0 Å². The maximum atomic E-state index is 11.9. The van der Waals surface area contributed by atoms with Gasteiger partial charge in [-0.05, 0) is 0 Å². The van der Waals surface area contributed by atoms with E-state index in [0.29, 0.717) is 0 Å². The first-order valence-corrected chi connectivity index (χ1v) is 6.46. The van der Waals surface area contributed by atoms with Gasteiger partial charge in [0.05, 0.1) is 19.1 Å². The summed E-state index contributed by atoms with van der Waals surface area (Å²) in [6.45, 7) is 4.94. The van der Waals surface area contributed by atoms with Gasteiger partial charge < -0.3 is 25.2 Å². The van der Waals surface area contributed by atoms with Gasteiger partial charge in [0, 0.05) is 17.3 Å². The van der Waals surface area contributed by atoms with Crippen LogP contribution in [-0.2, 0) is 9.53 Å². The number of hydrogen-bond donors (Lipinski definition) is 4. The molecule has 2 rings (SSSR count). The summed E-state index contributed by atoms with van der Waals surface area (Å²) in [5.74, 6) is -0.569. The van der Waals surface area contributed by atoms with Crippen LogP contribution in [0.15, 0.2) is 0 Å². The van der Waals surface area contributed by atoms with Crippen molar-refractivity contribution in [2.75, 3.05) is 6.61 Å². The maximum Gasteiger partial charge on any atom is 0.307 e. The second kappa shape index (κ2) is 4.15. The van der Waals surface area contributed by atoms with Crippen molar-refractivity contribution in [3.63, 3.8) is 0 Å². The molecule has 1 aliphatic carbocycles. The molecular formula is C13H22O6. The SMILES string of the molecule is CC(C)(C)C12C[C@@](CO)(CC(=O)O1)[C@@H](O)[C@H](O)[C@H]2O. The number of carbonyl (C=O) groups excluding carboxylic acids is 1. The Hall–Kier alpha value is -0.690. The Kier molecular flexibility index (Phi) is 3.21. The van der Waals surface area contributed by atoms with Crippen molar-refractivity contribution in [2.24, 2.45) is 10.8 Å². The van der Waals surface area contributed by atoms with Crippen molar-refractivity contribution in [1.82, 2.24) is 0 Å². The van der Waals surface area contributed by atoms with Gasteiger partial charge in [0.2, 0.25) is 0 Å². The number of esters is 1. The van der Waals surface area contributed by atoms with Crippen LogP contribution >= 0.6 is 0 Å². The molecule has 1 saturated carbocycles. The number of carbonyl (C=O) groups is 1. The van der Waals surface area contributed by atoms with Crippen molar-refractivity contribution >= 4 is 5.97 Å². The topological polar surface area (TPSA) is 107 Å². The van der Waals surface area contributed by atoms with Crippen LogP contribution in [0.25, 0.3) is 0 Å². The van der Waals surface area contributed by atoms with Crippen LogP contribution < -0.4 is 0 Å². The van der Waals surface area contributed by atoms with Gasteiger partial charge in [-0.1, -0.05) is 20.8 Å². The van der Waals surface area contributed by atoms with Crippen molar-refractivity contribution < 1.29 is 30.0 Å². The molecule has 4 N–H and O–H groups in total. The van der Waals surface area contributed by atoms with E-state index in [2.05, 4.69) is 0 Å². The minimum atomic E-state index is -1.45. The highest BCUT2D eigenvalue weighted by Gasteiger charge is 2.67. The molecule has 1 saturated heterocycles. The van der Waals surface area contributed by atoms with Crippen LogP contribution in [0, 0.1) is 10.8 Å². The van der Waals surface area contributed by atoms with Crippen molar-refractivity contribution in [3.05, 3.63) is 0 Å². The zero-order valence-corrected chi connectivity index (χ0v) is 11.5. The highest BCUT2D eigenvalue weighted by molar-refractivity contribution is 5.73. The Morgan fingerprint density at radius 2 is 1.84 bits per heavy atom. The predicted octanol–water partition coefficient (Wildman–Crippen LogP) is -0.817. The zero-order chi connectivity index (χ0) is 14.6. The van der Waals surface area contributed by atoms with E-state index in [0.717, 1.165) is 0 Å². The Labute approximate surface area is 112 Å². The highest BCUT2D eigenvalue weighted by atomic mass is 16.6. The minimum absolute atomic E-state index is 0.130. The van der Waals surface area contributed by atoms with E-state index in [1.54, 1.807) is 20.8 Å². The lowest BCUT2D eigenvalue weighted by molar-refractivity contribution is -0.295. The molecule has 5 atom stereocenters. The largest absolute Gasteiger partial charge is 0.456 e. The van der Waals surface area contributed by atoms with Gasteiger partial charge in [-0.3, -0.25) is 4.79 Å². The average molecular weight is 274 g/mol. The lowest BCUT2D eigenvalue weighted by atomic mass is 9.54. The molecule has 0 amide bonds. The third kappa shape index (κ3) is 1.81. The Morgan fingerprint density at radius 3 is 2.32 bits per heavy atom. The Morgan fingerprint density at radius 1 is 1.26 bits per heavy atom. The first kappa shape index (κ1) is 14.7. The molecular weight excluding hydrogens is 252 g/mol. The van der Waals surface area contributed by atoms with Crippen LogP contribution in [0.5, 0.6) is 0 Å². The summed E-state index contributed by atoms with van der Waals surface area (Å²) in [4.78, 5) is 11.9. The molecule has 1 heterocycles. The fourth-order valence-electron chi connectivity index (χ4n) is 3.40. The van der Waals surface area contributed by atoms with E-state index in [-0.39, 0.29) is 12.8 Å². The van der Waals surface area contributed by atoms with E-state index in [1.807, 2.05) is 0 Å². The van der Waals surface area contributed by atoms with Crippen LogP contribution in [0.3, 0.4) is 0 Å². The van der Waals surface area contributed by atoms with E-state index in [9.17, 15) is 25.2 Å². The van der Waals surface area contributed by atoms with Gasteiger partial charge >= 0.3 is 5.97 Å². The van der Waals surface area contributed by atoms with Crippen LogP contribution in [0.2, 0.25) is 0 Å². The smallest absolute Gasteiger partial charge is 0.307 e. The monoisotopic (exact) mass is 274 g/mol. The third-order valence-corrected chi connectivity index (χ3v) is 4.74. The van der Waals surface area contributed by atoms with E-state index >= 15 is 0 Å². The first-order valence-electron chi connectivity index (χ1n) is 6.46. The molecule has 1 aliphatic heterocycles. The van der Waals surface area contributed by atoms with Crippen molar-refractivity contribution in [2.45, 2.75) is 57.5 Å². The van der Waals surface area contributed by atoms with Gasteiger partial charge in [0.1, 0.15) is 17.8 Å². The van der Waals surface area contributed by atoms with Crippen molar-refractivity contribution in [3.8, 4) is 0 Å². The van der Waals surface area contributed by atoms with E-state index < -0.39 is 47.3 Å². The molecule has 1 unspecified atom stereocenters. The fraction of sp³-hybridized carbons (Fsp3) is 0.923. The fourth-order valence-corrected chi connectivity index (χ4v) is 3.40.